The quantitative estimate of drug-likeness (QED) is 0.908. The summed E-state index contributed by atoms with van der Waals surface area (Å²) in [7, 11) is -3.36. The van der Waals surface area contributed by atoms with E-state index in [2.05, 4.69) is 15.4 Å². The molecule has 1 N–H and O–H groups in total. The third-order valence-corrected chi connectivity index (χ3v) is 4.58. The Labute approximate surface area is 117 Å². The molecule has 1 aliphatic rings. The molecule has 0 fully saturated rings. The Kier molecular flexibility index (Phi) is 2.86. The van der Waals surface area contributed by atoms with Gasteiger partial charge in [0.05, 0.1) is 4.91 Å². The monoisotopic (exact) mass is 290 g/mol. The van der Waals surface area contributed by atoms with Crippen LogP contribution in [0.1, 0.15) is 18.5 Å². The number of hydrogen-bond donors (Lipinski definition) is 1. The van der Waals surface area contributed by atoms with Crippen LogP contribution in [0.15, 0.2) is 47.3 Å². The maximum Gasteiger partial charge on any atom is 0.226 e. The molecule has 1 aliphatic heterocycles. The van der Waals surface area contributed by atoms with E-state index in [0.29, 0.717) is 16.6 Å². The van der Waals surface area contributed by atoms with Gasteiger partial charge in [-0.2, -0.15) is 10.1 Å². The van der Waals surface area contributed by atoms with Crippen molar-refractivity contribution in [3.05, 3.63) is 52.8 Å². The molecule has 7 heteroatoms. The summed E-state index contributed by atoms with van der Waals surface area (Å²) in [6, 6.07) is 8.94. The van der Waals surface area contributed by atoms with Gasteiger partial charge in [-0.05, 0) is 12.5 Å². The summed E-state index contributed by atoms with van der Waals surface area (Å²) >= 11 is 0. The number of aromatic nitrogens is 3. The molecule has 3 rings (SSSR count). The molecule has 1 atom stereocenters. The van der Waals surface area contributed by atoms with Crippen molar-refractivity contribution in [2.75, 3.05) is 11.6 Å². The van der Waals surface area contributed by atoms with Gasteiger partial charge in [-0.3, -0.25) is 0 Å². The van der Waals surface area contributed by atoms with E-state index in [4.69, 9.17) is 0 Å². The molecule has 104 valence electrons. The highest BCUT2D eigenvalue weighted by molar-refractivity contribution is 7.94. The third kappa shape index (κ3) is 2.00. The summed E-state index contributed by atoms with van der Waals surface area (Å²) in [4.78, 5) is 4.43. The van der Waals surface area contributed by atoms with Crippen molar-refractivity contribution in [3.8, 4) is 0 Å². The smallest absolute Gasteiger partial charge is 0.226 e. The molecule has 0 saturated heterocycles. The summed E-state index contributed by atoms with van der Waals surface area (Å²) < 4.78 is 25.9. The Balaban J connectivity index is 2.27. The van der Waals surface area contributed by atoms with Crippen LogP contribution < -0.4 is 5.32 Å². The van der Waals surface area contributed by atoms with Crippen molar-refractivity contribution < 1.29 is 8.42 Å². The Bertz CT molecular complexity index is 778. The summed E-state index contributed by atoms with van der Waals surface area (Å²) in [6.45, 7) is 1.74. The van der Waals surface area contributed by atoms with Crippen LogP contribution in [0.2, 0.25) is 0 Å². The number of sulfone groups is 1. The standard InChI is InChI=1S/C13H14N4O2S/c1-9-12(20(2,18)19)11(10-6-4-3-5-7-10)17-13(16-9)14-8-15-17/h3-8,11H,1-2H3,(H,14,15,16). The summed E-state index contributed by atoms with van der Waals surface area (Å²) in [5, 5.41) is 7.14. The van der Waals surface area contributed by atoms with Gasteiger partial charge in [-0.1, -0.05) is 30.3 Å². The molecular weight excluding hydrogens is 276 g/mol. The van der Waals surface area contributed by atoms with Crippen molar-refractivity contribution in [2.45, 2.75) is 13.0 Å². The number of rotatable bonds is 2. The fraction of sp³-hybridized carbons (Fsp3) is 0.231. The second-order valence-electron chi connectivity index (χ2n) is 4.73. The Hall–Kier alpha value is -2.15. The van der Waals surface area contributed by atoms with E-state index in [-0.39, 0.29) is 0 Å². The zero-order chi connectivity index (χ0) is 14.3. The number of benzene rings is 1. The fourth-order valence-corrected chi connectivity index (χ4v) is 3.73. The first-order valence-corrected chi connectivity index (χ1v) is 8.00. The van der Waals surface area contributed by atoms with E-state index in [9.17, 15) is 8.42 Å². The van der Waals surface area contributed by atoms with Crippen LogP contribution in [0.5, 0.6) is 0 Å². The first-order valence-electron chi connectivity index (χ1n) is 6.11. The molecular formula is C13H14N4O2S. The highest BCUT2D eigenvalue weighted by Crippen LogP contribution is 2.36. The van der Waals surface area contributed by atoms with Gasteiger partial charge in [0.15, 0.2) is 9.84 Å². The van der Waals surface area contributed by atoms with Crippen LogP contribution in [0, 0.1) is 0 Å². The van der Waals surface area contributed by atoms with Crippen LogP contribution in [0.4, 0.5) is 5.95 Å². The lowest BCUT2D eigenvalue weighted by atomic mass is 10.0. The zero-order valence-corrected chi connectivity index (χ0v) is 11.9. The number of allylic oxidation sites excluding steroid dienone is 2. The van der Waals surface area contributed by atoms with Gasteiger partial charge in [0.2, 0.25) is 5.95 Å². The number of hydrogen-bond acceptors (Lipinski definition) is 5. The summed E-state index contributed by atoms with van der Waals surface area (Å²) in [5.41, 5.74) is 1.45. The van der Waals surface area contributed by atoms with Crippen molar-refractivity contribution >= 4 is 15.8 Å². The van der Waals surface area contributed by atoms with E-state index >= 15 is 0 Å². The molecule has 0 aliphatic carbocycles. The van der Waals surface area contributed by atoms with Gasteiger partial charge in [0.25, 0.3) is 0 Å². The van der Waals surface area contributed by atoms with Crippen molar-refractivity contribution in [3.63, 3.8) is 0 Å². The van der Waals surface area contributed by atoms with Crippen LogP contribution in [-0.2, 0) is 9.84 Å². The molecule has 2 aromatic rings. The van der Waals surface area contributed by atoms with E-state index in [0.717, 1.165) is 5.56 Å². The lowest BCUT2D eigenvalue weighted by Gasteiger charge is -2.28. The van der Waals surface area contributed by atoms with Crippen LogP contribution >= 0.6 is 0 Å². The van der Waals surface area contributed by atoms with Gasteiger partial charge in [-0.15, -0.1) is 0 Å². The van der Waals surface area contributed by atoms with Crippen molar-refractivity contribution in [2.24, 2.45) is 0 Å². The number of nitrogens with zero attached hydrogens (tertiary/aromatic N) is 3. The zero-order valence-electron chi connectivity index (χ0n) is 11.1. The SMILES string of the molecule is CC1=C(S(C)(=O)=O)C(c2ccccc2)n2ncnc2N1. The maximum absolute atomic E-state index is 12.2. The molecule has 2 heterocycles. The minimum Gasteiger partial charge on any atom is -0.327 e. The minimum absolute atomic E-state index is 0.321. The molecule has 20 heavy (non-hydrogen) atoms. The second kappa shape index (κ2) is 4.45. The van der Waals surface area contributed by atoms with E-state index in [1.54, 1.807) is 11.6 Å². The third-order valence-electron chi connectivity index (χ3n) is 3.25. The highest BCUT2D eigenvalue weighted by Gasteiger charge is 2.34. The molecule has 1 aromatic heterocycles. The lowest BCUT2D eigenvalue weighted by molar-refractivity contribution is 0.567. The van der Waals surface area contributed by atoms with Gasteiger partial charge in [-0.25, -0.2) is 13.1 Å². The average Bonchev–Trinajstić information content (AvgIpc) is 2.84. The van der Waals surface area contributed by atoms with E-state index in [1.807, 2.05) is 30.3 Å². The van der Waals surface area contributed by atoms with E-state index < -0.39 is 15.9 Å². The average molecular weight is 290 g/mol. The molecule has 1 aromatic carbocycles. The fourth-order valence-electron chi connectivity index (χ4n) is 2.48. The molecule has 0 bridgehead atoms. The van der Waals surface area contributed by atoms with Crippen LogP contribution in [0.3, 0.4) is 0 Å². The number of fused-ring (bicyclic) bond motifs is 1. The highest BCUT2D eigenvalue weighted by atomic mass is 32.2. The molecule has 0 radical (unpaired) electrons. The van der Waals surface area contributed by atoms with Crippen LogP contribution in [0.25, 0.3) is 0 Å². The Morgan fingerprint density at radius 1 is 1.25 bits per heavy atom. The molecule has 0 spiro atoms. The molecule has 0 amide bonds. The Morgan fingerprint density at radius 2 is 1.95 bits per heavy atom. The first-order chi connectivity index (χ1) is 9.48. The number of anilines is 1. The van der Waals surface area contributed by atoms with Gasteiger partial charge < -0.3 is 5.32 Å². The van der Waals surface area contributed by atoms with Gasteiger partial charge >= 0.3 is 0 Å². The van der Waals surface area contributed by atoms with Crippen LogP contribution in [-0.4, -0.2) is 29.4 Å². The predicted octanol–water partition coefficient (Wildman–Crippen LogP) is 1.57. The lowest BCUT2D eigenvalue weighted by Crippen LogP contribution is -2.28. The minimum atomic E-state index is -3.36. The topological polar surface area (TPSA) is 76.9 Å². The molecule has 6 nitrogen and oxygen atoms in total. The van der Waals surface area contributed by atoms with E-state index in [1.165, 1.54) is 12.6 Å². The number of nitrogens with one attached hydrogen (secondary N) is 1. The van der Waals surface area contributed by atoms with Crippen molar-refractivity contribution in [1.82, 2.24) is 14.8 Å². The first kappa shape index (κ1) is 12.9. The summed E-state index contributed by atoms with van der Waals surface area (Å²) in [5.74, 6) is 0.545. The molecule has 1 unspecified atom stereocenters. The predicted molar refractivity (Wildman–Crippen MR) is 75.8 cm³/mol. The van der Waals surface area contributed by atoms with Gasteiger partial charge in [0.1, 0.15) is 12.4 Å². The second-order valence-corrected chi connectivity index (χ2v) is 6.71. The maximum atomic E-state index is 12.2. The normalized spacial score (nSPS) is 18.6. The van der Waals surface area contributed by atoms with Crippen molar-refractivity contribution in [1.29, 1.82) is 0 Å². The largest absolute Gasteiger partial charge is 0.327 e. The summed E-state index contributed by atoms with van der Waals surface area (Å²) in [6.07, 6.45) is 2.63. The molecule has 0 saturated carbocycles. The Morgan fingerprint density at radius 3 is 2.60 bits per heavy atom. The van der Waals surface area contributed by atoms with Gasteiger partial charge in [0, 0.05) is 12.0 Å².